The summed E-state index contributed by atoms with van der Waals surface area (Å²) in [5.74, 6) is 2.89. The minimum atomic E-state index is -0.510. The molecule has 0 radical (unpaired) electrons. The standard InChI is InChI=1S/C13H24N2S/c1-2-3-4-9-16-10-7-12-6-5-8-13(12,15)11-14/h12H,2-10,15H2,1H3. The van der Waals surface area contributed by atoms with Crippen molar-refractivity contribution in [2.24, 2.45) is 11.7 Å². The second-order valence-electron chi connectivity index (χ2n) is 4.85. The van der Waals surface area contributed by atoms with E-state index in [0.29, 0.717) is 5.92 Å². The molecule has 3 heteroatoms. The van der Waals surface area contributed by atoms with E-state index >= 15 is 0 Å². The molecule has 0 bridgehead atoms. The van der Waals surface area contributed by atoms with Crippen LogP contribution in [0.1, 0.15) is 51.9 Å². The molecule has 16 heavy (non-hydrogen) atoms. The number of unbranched alkanes of at least 4 members (excludes halogenated alkanes) is 2. The molecule has 0 spiro atoms. The fourth-order valence-corrected chi connectivity index (χ4v) is 3.50. The summed E-state index contributed by atoms with van der Waals surface area (Å²) in [6.45, 7) is 2.24. The van der Waals surface area contributed by atoms with Gasteiger partial charge in [-0.1, -0.05) is 26.2 Å². The summed E-state index contributed by atoms with van der Waals surface area (Å²) >= 11 is 2.03. The second-order valence-corrected chi connectivity index (χ2v) is 6.07. The molecule has 92 valence electrons. The van der Waals surface area contributed by atoms with Crippen LogP contribution in [0.25, 0.3) is 0 Å². The lowest BCUT2D eigenvalue weighted by Crippen LogP contribution is -2.41. The Morgan fingerprint density at radius 2 is 2.25 bits per heavy atom. The number of nitrogens with zero attached hydrogens (tertiary/aromatic N) is 1. The predicted octanol–water partition coefficient (Wildman–Crippen LogP) is 3.32. The van der Waals surface area contributed by atoms with Crippen molar-refractivity contribution >= 4 is 11.8 Å². The van der Waals surface area contributed by atoms with E-state index in [1.807, 2.05) is 11.8 Å². The van der Waals surface area contributed by atoms with Gasteiger partial charge in [0.05, 0.1) is 6.07 Å². The van der Waals surface area contributed by atoms with Crippen molar-refractivity contribution in [3.05, 3.63) is 0 Å². The Labute approximate surface area is 104 Å². The van der Waals surface area contributed by atoms with Gasteiger partial charge in [0.1, 0.15) is 5.54 Å². The van der Waals surface area contributed by atoms with Gasteiger partial charge in [-0.25, -0.2) is 0 Å². The van der Waals surface area contributed by atoms with Crippen molar-refractivity contribution in [3.63, 3.8) is 0 Å². The molecule has 0 heterocycles. The third-order valence-corrected chi connectivity index (χ3v) is 4.68. The van der Waals surface area contributed by atoms with Crippen LogP contribution in [0.3, 0.4) is 0 Å². The molecule has 2 unspecified atom stereocenters. The van der Waals surface area contributed by atoms with E-state index in [1.54, 1.807) is 0 Å². The van der Waals surface area contributed by atoms with E-state index in [2.05, 4.69) is 13.0 Å². The number of nitrogens with two attached hydrogens (primary N) is 1. The Hall–Kier alpha value is -0.200. The van der Waals surface area contributed by atoms with Crippen LogP contribution < -0.4 is 5.73 Å². The average Bonchev–Trinajstić information content (AvgIpc) is 2.66. The van der Waals surface area contributed by atoms with Crippen LogP contribution in [0.5, 0.6) is 0 Å². The molecule has 1 saturated carbocycles. The van der Waals surface area contributed by atoms with Crippen molar-refractivity contribution in [3.8, 4) is 6.07 Å². The van der Waals surface area contributed by atoms with Crippen molar-refractivity contribution < 1.29 is 0 Å². The van der Waals surface area contributed by atoms with Crippen LogP contribution in [0.15, 0.2) is 0 Å². The first-order chi connectivity index (χ1) is 7.73. The molecule has 0 aliphatic heterocycles. The molecule has 0 saturated heterocycles. The molecule has 2 atom stereocenters. The molecule has 2 N–H and O–H groups in total. The quantitative estimate of drug-likeness (QED) is 0.694. The largest absolute Gasteiger partial charge is 0.313 e. The van der Waals surface area contributed by atoms with Gasteiger partial charge in [0.15, 0.2) is 0 Å². The van der Waals surface area contributed by atoms with E-state index in [9.17, 15) is 0 Å². The third kappa shape index (κ3) is 3.99. The minimum absolute atomic E-state index is 0.441. The SMILES string of the molecule is CCCCCSCCC1CCCC1(N)C#N. The topological polar surface area (TPSA) is 49.8 Å². The highest BCUT2D eigenvalue weighted by atomic mass is 32.2. The molecule has 0 aromatic carbocycles. The Morgan fingerprint density at radius 3 is 2.94 bits per heavy atom. The highest BCUT2D eigenvalue weighted by Gasteiger charge is 2.38. The fraction of sp³-hybridized carbons (Fsp3) is 0.923. The van der Waals surface area contributed by atoms with Crippen molar-refractivity contribution in [2.75, 3.05) is 11.5 Å². The molecule has 2 nitrogen and oxygen atoms in total. The molecule has 1 fully saturated rings. The van der Waals surface area contributed by atoms with Crippen LogP contribution in [0.4, 0.5) is 0 Å². The zero-order chi connectivity index (χ0) is 11.9. The lowest BCUT2D eigenvalue weighted by Gasteiger charge is -2.23. The van der Waals surface area contributed by atoms with Crippen LogP contribution in [-0.2, 0) is 0 Å². The van der Waals surface area contributed by atoms with Gasteiger partial charge in [0.25, 0.3) is 0 Å². The number of hydrogen-bond acceptors (Lipinski definition) is 3. The maximum atomic E-state index is 9.09. The maximum absolute atomic E-state index is 9.09. The van der Waals surface area contributed by atoms with Gasteiger partial charge < -0.3 is 5.73 Å². The number of hydrogen-bond donors (Lipinski definition) is 1. The van der Waals surface area contributed by atoms with Gasteiger partial charge in [-0.3, -0.25) is 0 Å². The van der Waals surface area contributed by atoms with E-state index < -0.39 is 5.54 Å². The van der Waals surface area contributed by atoms with Crippen LogP contribution >= 0.6 is 11.8 Å². The zero-order valence-electron chi connectivity index (χ0n) is 10.4. The average molecular weight is 240 g/mol. The molecule has 0 aromatic rings. The molecule has 0 aromatic heterocycles. The summed E-state index contributed by atoms with van der Waals surface area (Å²) in [7, 11) is 0. The van der Waals surface area contributed by atoms with Crippen LogP contribution in [0.2, 0.25) is 0 Å². The molecule has 1 aliphatic carbocycles. The lowest BCUT2D eigenvalue weighted by molar-refractivity contribution is 0.389. The van der Waals surface area contributed by atoms with Crippen molar-refractivity contribution in [1.29, 1.82) is 5.26 Å². The molecule has 1 rings (SSSR count). The summed E-state index contributed by atoms with van der Waals surface area (Å²) in [4.78, 5) is 0. The smallest absolute Gasteiger partial charge is 0.107 e. The third-order valence-electron chi connectivity index (χ3n) is 3.58. The zero-order valence-corrected chi connectivity index (χ0v) is 11.2. The number of rotatable bonds is 7. The van der Waals surface area contributed by atoms with Gasteiger partial charge in [0, 0.05) is 0 Å². The van der Waals surface area contributed by atoms with Crippen LogP contribution in [-0.4, -0.2) is 17.0 Å². The first kappa shape index (κ1) is 13.9. The van der Waals surface area contributed by atoms with Crippen LogP contribution in [0, 0.1) is 17.2 Å². The van der Waals surface area contributed by atoms with E-state index in [0.717, 1.165) is 25.7 Å². The Morgan fingerprint density at radius 1 is 1.44 bits per heavy atom. The monoisotopic (exact) mass is 240 g/mol. The van der Waals surface area contributed by atoms with Gasteiger partial charge in [-0.05, 0) is 43.1 Å². The molecule has 1 aliphatic rings. The fourth-order valence-electron chi connectivity index (χ4n) is 2.43. The molecular formula is C13H24N2S. The first-order valence-electron chi connectivity index (χ1n) is 6.51. The molecular weight excluding hydrogens is 216 g/mol. The van der Waals surface area contributed by atoms with Crippen molar-refractivity contribution in [2.45, 2.75) is 57.4 Å². The summed E-state index contributed by atoms with van der Waals surface area (Å²) in [6, 6.07) is 2.32. The highest BCUT2D eigenvalue weighted by molar-refractivity contribution is 7.99. The lowest BCUT2D eigenvalue weighted by atomic mass is 9.88. The highest BCUT2D eigenvalue weighted by Crippen LogP contribution is 2.36. The van der Waals surface area contributed by atoms with E-state index in [1.165, 1.54) is 30.8 Å². The summed E-state index contributed by atoms with van der Waals surface area (Å²) in [5.41, 5.74) is 5.58. The molecule has 0 amide bonds. The second kappa shape index (κ2) is 7.19. The summed E-state index contributed by atoms with van der Waals surface area (Å²) in [5, 5.41) is 9.09. The first-order valence-corrected chi connectivity index (χ1v) is 7.66. The number of thioether (sulfide) groups is 1. The summed E-state index contributed by atoms with van der Waals surface area (Å²) in [6.07, 6.45) is 8.28. The predicted molar refractivity (Wildman–Crippen MR) is 71.3 cm³/mol. The Bertz CT molecular complexity index is 237. The van der Waals surface area contributed by atoms with Gasteiger partial charge in [0.2, 0.25) is 0 Å². The Balaban J connectivity index is 2.11. The van der Waals surface area contributed by atoms with E-state index in [4.69, 9.17) is 11.0 Å². The van der Waals surface area contributed by atoms with E-state index in [-0.39, 0.29) is 0 Å². The number of nitriles is 1. The minimum Gasteiger partial charge on any atom is -0.313 e. The summed E-state index contributed by atoms with van der Waals surface area (Å²) < 4.78 is 0. The van der Waals surface area contributed by atoms with Gasteiger partial charge in [-0.15, -0.1) is 0 Å². The van der Waals surface area contributed by atoms with Gasteiger partial charge >= 0.3 is 0 Å². The van der Waals surface area contributed by atoms with Gasteiger partial charge in [-0.2, -0.15) is 17.0 Å². The Kier molecular flexibility index (Phi) is 6.23. The maximum Gasteiger partial charge on any atom is 0.107 e. The van der Waals surface area contributed by atoms with Crippen molar-refractivity contribution in [1.82, 2.24) is 0 Å². The normalized spacial score (nSPS) is 29.2.